The van der Waals surface area contributed by atoms with E-state index in [0.717, 1.165) is 32.8 Å². The van der Waals surface area contributed by atoms with Crippen LogP contribution in [0.15, 0.2) is 59.2 Å². The SMILES string of the molecule is CNc1cccc(-c2ncc(-c3ccccc3Br)[nH]2)c1. The summed E-state index contributed by atoms with van der Waals surface area (Å²) in [5, 5.41) is 3.14. The summed E-state index contributed by atoms with van der Waals surface area (Å²) in [6, 6.07) is 16.3. The van der Waals surface area contributed by atoms with Gasteiger partial charge in [-0.25, -0.2) is 4.98 Å². The van der Waals surface area contributed by atoms with Gasteiger partial charge in [-0.1, -0.05) is 46.3 Å². The van der Waals surface area contributed by atoms with Crippen LogP contribution in [0.4, 0.5) is 5.69 Å². The smallest absolute Gasteiger partial charge is 0.137 e. The molecular formula is C16H14BrN3. The topological polar surface area (TPSA) is 40.7 Å². The number of nitrogens with zero attached hydrogens (tertiary/aromatic N) is 1. The number of nitrogens with one attached hydrogen (secondary N) is 2. The number of hydrogen-bond acceptors (Lipinski definition) is 2. The van der Waals surface area contributed by atoms with Crippen molar-refractivity contribution in [2.75, 3.05) is 12.4 Å². The van der Waals surface area contributed by atoms with Crippen LogP contribution < -0.4 is 5.32 Å². The number of imidazole rings is 1. The van der Waals surface area contributed by atoms with Crippen LogP contribution >= 0.6 is 15.9 Å². The van der Waals surface area contributed by atoms with E-state index in [1.165, 1.54) is 0 Å². The Hall–Kier alpha value is -2.07. The molecule has 3 rings (SSSR count). The molecule has 2 N–H and O–H groups in total. The van der Waals surface area contributed by atoms with Crippen LogP contribution in [0.25, 0.3) is 22.6 Å². The average Bonchev–Trinajstić information content (AvgIpc) is 2.97. The molecular weight excluding hydrogens is 314 g/mol. The van der Waals surface area contributed by atoms with E-state index in [9.17, 15) is 0 Å². The van der Waals surface area contributed by atoms with Gasteiger partial charge in [0, 0.05) is 28.3 Å². The zero-order valence-electron chi connectivity index (χ0n) is 11.0. The molecule has 0 aliphatic rings. The summed E-state index contributed by atoms with van der Waals surface area (Å²) in [6.07, 6.45) is 1.86. The van der Waals surface area contributed by atoms with Crippen LogP contribution in [0.5, 0.6) is 0 Å². The van der Waals surface area contributed by atoms with Gasteiger partial charge in [0.25, 0.3) is 0 Å². The lowest BCUT2D eigenvalue weighted by Crippen LogP contribution is -1.88. The molecule has 0 bridgehead atoms. The highest BCUT2D eigenvalue weighted by atomic mass is 79.9. The molecule has 1 aromatic heterocycles. The predicted molar refractivity (Wildman–Crippen MR) is 86.7 cm³/mol. The number of aromatic nitrogens is 2. The molecule has 3 aromatic rings. The van der Waals surface area contributed by atoms with Crippen molar-refractivity contribution in [1.82, 2.24) is 9.97 Å². The van der Waals surface area contributed by atoms with Gasteiger partial charge in [0.05, 0.1) is 11.9 Å². The van der Waals surface area contributed by atoms with Crippen LogP contribution in [0, 0.1) is 0 Å². The van der Waals surface area contributed by atoms with Gasteiger partial charge < -0.3 is 10.3 Å². The first-order valence-corrected chi connectivity index (χ1v) is 7.15. The number of aromatic amines is 1. The predicted octanol–water partition coefficient (Wildman–Crippen LogP) is 4.55. The Morgan fingerprint density at radius 3 is 2.75 bits per heavy atom. The van der Waals surface area contributed by atoms with Crippen LogP contribution in [0.2, 0.25) is 0 Å². The van der Waals surface area contributed by atoms with Gasteiger partial charge in [-0.15, -0.1) is 0 Å². The summed E-state index contributed by atoms with van der Waals surface area (Å²) >= 11 is 3.56. The molecule has 2 aromatic carbocycles. The number of benzene rings is 2. The highest BCUT2D eigenvalue weighted by Gasteiger charge is 2.08. The summed E-state index contributed by atoms with van der Waals surface area (Å²) in [5.41, 5.74) is 4.25. The quantitative estimate of drug-likeness (QED) is 0.741. The van der Waals surface area contributed by atoms with Crippen molar-refractivity contribution in [3.63, 3.8) is 0 Å². The van der Waals surface area contributed by atoms with Crippen molar-refractivity contribution < 1.29 is 0 Å². The van der Waals surface area contributed by atoms with Crippen molar-refractivity contribution in [2.45, 2.75) is 0 Å². The van der Waals surface area contributed by atoms with Crippen LogP contribution in [0.1, 0.15) is 0 Å². The van der Waals surface area contributed by atoms with Crippen molar-refractivity contribution >= 4 is 21.6 Å². The van der Waals surface area contributed by atoms with Gasteiger partial charge in [-0.3, -0.25) is 0 Å². The summed E-state index contributed by atoms with van der Waals surface area (Å²) in [6.45, 7) is 0. The van der Waals surface area contributed by atoms with Gasteiger partial charge in [-0.05, 0) is 18.2 Å². The van der Waals surface area contributed by atoms with E-state index in [1.54, 1.807) is 0 Å². The summed E-state index contributed by atoms with van der Waals surface area (Å²) in [5.74, 6) is 0.868. The van der Waals surface area contributed by atoms with Crippen LogP contribution in [-0.2, 0) is 0 Å². The van der Waals surface area contributed by atoms with Crippen molar-refractivity contribution in [3.05, 3.63) is 59.2 Å². The highest BCUT2D eigenvalue weighted by molar-refractivity contribution is 9.10. The molecule has 0 fully saturated rings. The van der Waals surface area contributed by atoms with Crippen LogP contribution in [0.3, 0.4) is 0 Å². The first-order valence-electron chi connectivity index (χ1n) is 6.36. The Morgan fingerprint density at radius 1 is 1.10 bits per heavy atom. The fourth-order valence-corrected chi connectivity index (χ4v) is 2.60. The largest absolute Gasteiger partial charge is 0.388 e. The molecule has 0 radical (unpaired) electrons. The first kappa shape index (κ1) is 12.9. The summed E-state index contributed by atoms with van der Waals surface area (Å²) < 4.78 is 1.05. The molecule has 3 nitrogen and oxygen atoms in total. The second kappa shape index (κ2) is 5.51. The second-order valence-corrected chi connectivity index (χ2v) is 5.31. The lowest BCUT2D eigenvalue weighted by atomic mass is 10.2. The third-order valence-electron chi connectivity index (χ3n) is 3.16. The molecule has 0 saturated carbocycles. The van der Waals surface area contributed by atoms with E-state index in [1.807, 2.05) is 49.6 Å². The van der Waals surface area contributed by atoms with Crippen molar-refractivity contribution in [3.8, 4) is 22.6 Å². The first-order chi connectivity index (χ1) is 9.78. The van der Waals surface area contributed by atoms with Crippen molar-refractivity contribution in [1.29, 1.82) is 0 Å². The molecule has 0 spiro atoms. The maximum atomic E-state index is 4.48. The summed E-state index contributed by atoms with van der Waals surface area (Å²) in [4.78, 5) is 7.84. The molecule has 0 atom stereocenters. The Labute approximate surface area is 126 Å². The Kier molecular flexibility index (Phi) is 3.56. The zero-order chi connectivity index (χ0) is 13.9. The Bertz CT molecular complexity index is 734. The van der Waals surface area contributed by atoms with Gasteiger partial charge in [0.15, 0.2) is 0 Å². The van der Waals surface area contributed by atoms with E-state index < -0.39 is 0 Å². The average molecular weight is 328 g/mol. The maximum absolute atomic E-state index is 4.48. The fourth-order valence-electron chi connectivity index (χ4n) is 2.11. The Balaban J connectivity index is 2.00. The normalized spacial score (nSPS) is 10.5. The molecule has 4 heteroatoms. The molecule has 0 aliphatic carbocycles. The summed E-state index contributed by atoms with van der Waals surface area (Å²) in [7, 11) is 1.91. The van der Waals surface area contributed by atoms with Gasteiger partial charge in [0.2, 0.25) is 0 Å². The van der Waals surface area contributed by atoms with E-state index in [-0.39, 0.29) is 0 Å². The van der Waals surface area contributed by atoms with E-state index in [2.05, 4.69) is 43.3 Å². The molecule has 0 amide bonds. The molecule has 0 aliphatic heterocycles. The minimum Gasteiger partial charge on any atom is -0.388 e. The van der Waals surface area contributed by atoms with Gasteiger partial charge in [0.1, 0.15) is 5.82 Å². The third-order valence-corrected chi connectivity index (χ3v) is 3.86. The van der Waals surface area contributed by atoms with Crippen molar-refractivity contribution in [2.24, 2.45) is 0 Å². The number of rotatable bonds is 3. The number of H-pyrrole nitrogens is 1. The molecule has 1 heterocycles. The Morgan fingerprint density at radius 2 is 1.95 bits per heavy atom. The van der Waals surface area contributed by atoms with Crippen LogP contribution in [-0.4, -0.2) is 17.0 Å². The van der Waals surface area contributed by atoms with E-state index in [0.29, 0.717) is 0 Å². The minimum absolute atomic E-state index is 0.868. The number of halogens is 1. The maximum Gasteiger partial charge on any atom is 0.137 e. The van der Waals surface area contributed by atoms with Gasteiger partial charge in [-0.2, -0.15) is 0 Å². The fraction of sp³-hybridized carbons (Fsp3) is 0.0625. The van der Waals surface area contributed by atoms with Gasteiger partial charge >= 0.3 is 0 Å². The third kappa shape index (κ3) is 2.47. The highest BCUT2D eigenvalue weighted by Crippen LogP contribution is 2.28. The lowest BCUT2D eigenvalue weighted by Gasteiger charge is -2.03. The second-order valence-electron chi connectivity index (χ2n) is 4.46. The monoisotopic (exact) mass is 327 g/mol. The zero-order valence-corrected chi connectivity index (χ0v) is 12.6. The van der Waals surface area contributed by atoms with E-state index >= 15 is 0 Å². The molecule has 20 heavy (non-hydrogen) atoms. The molecule has 0 saturated heterocycles. The lowest BCUT2D eigenvalue weighted by molar-refractivity contribution is 1.31. The van der Waals surface area contributed by atoms with E-state index in [4.69, 9.17) is 0 Å². The number of anilines is 1. The number of hydrogen-bond donors (Lipinski definition) is 2. The standard InChI is InChI=1S/C16H14BrN3/c1-18-12-6-4-5-11(9-12)16-19-10-15(20-16)13-7-2-3-8-14(13)17/h2-10,18H,1H3,(H,19,20). The minimum atomic E-state index is 0.868. The molecule has 100 valence electrons. The molecule has 0 unspecified atom stereocenters.